The molecule has 6 aromatic carbocycles. The molecule has 0 spiro atoms. The van der Waals surface area contributed by atoms with Crippen molar-refractivity contribution in [3.63, 3.8) is 0 Å². The fraction of sp³-hybridized carbons (Fsp3) is 0.265. The van der Waals surface area contributed by atoms with Crippen LogP contribution in [0.15, 0.2) is 121 Å². The van der Waals surface area contributed by atoms with Gasteiger partial charge in [-0.05, 0) is 104 Å². The van der Waals surface area contributed by atoms with Crippen molar-refractivity contribution in [2.45, 2.75) is 70.6 Å². The van der Waals surface area contributed by atoms with E-state index in [0.29, 0.717) is 0 Å². The Morgan fingerprint density at radius 1 is 0.471 bits per heavy atom. The monoisotopic (exact) mass is 664 g/mol. The molecule has 0 N–H and O–H groups in total. The first-order valence-corrected chi connectivity index (χ1v) is 18.8. The Morgan fingerprint density at radius 3 is 1.76 bits per heavy atom. The Hall–Kier alpha value is -5.08. The summed E-state index contributed by atoms with van der Waals surface area (Å²) in [5.74, 6) is 0. The third-order valence-corrected chi connectivity index (χ3v) is 12.4. The highest BCUT2D eigenvalue weighted by atomic mass is 15.2. The van der Waals surface area contributed by atoms with Crippen molar-refractivity contribution in [3.05, 3.63) is 155 Å². The van der Waals surface area contributed by atoms with Crippen molar-refractivity contribution >= 4 is 45.7 Å². The van der Waals surface area contributed by atoms with Crippen LogP contribution in [0.1, 0.15) is 87.8 Å². The van der Waals surface area contributed by atoms with Crippen LogP contribution in [0, 0.1) is 0 Å². The van der Waals surface area contributed by atoms with Gasteiger partial charge in [-0.15, -0.1) is 0 Å². The summed E-state index contributed by atoms with van der Waals surface area (Å²) in [5.41, 5.74) is 16.5. The molecule has 0 unspecified atom stereocenters. The fourth-order valence-corrected chi connectivity index (χ4v) is 9.27. The number of benzene rings is 6. The number of nitrogens with zero attached hydrogens (tertiary/aromatic N) is 2. The Bertz CT molecular complexity index is 2370. The van der Waals surface area contributed by atoms with Crippen LogP contribution in [0.2, 0.25) is 0 Å². The van der Waals surface area contributed by atoms with E-state index in [1.54, 1.807) is 0 Å². The molecule has 0 atom stereocenters. The van der Waals surface area contributed by atoms with Gasteiger partial charge in [0.1, 0.15) is 0 Å². The molecule has 2 heteroatoms. The summed E-state index contributed by atoms with van der Waals surface area (Å²) in [6.45, 7) is 16.4. The molecule has 2 aliphatic heterocycles. The summed E-state index contributed by atoms with van der Waals surface area (Å²) >= 11 is 0. The van der Waals surface area contributed by atoms with E-state index >= 15 is 0 Å². The smallest absolute Gasteiger partial charge is 0.0490 e. The van der Waals surface area contributed by atoms with Crippen molar-refractivity contribution in [2.75, 3.05) is 22.9 Å². The van der Waals surface area contributed by atoms with Crippen LogP contribution in [0.4, 0.5) is 22.7 Å². The average molecular weight is 665 g/mol. The zero-order chi connectivity index (χ0) is 35.1. The molecule has 51 heavy (non-hydrogen) atoms. The van der Waals surface area contributed by atoms with Crippen molar-refractivity contribution in [1.29, 1.82) is 0 Å². The third-order valence-electron chi connectivity index (χ3n) is 12.4. The first kappa shape index (κ1) is 31.9. The highest BCUT2D eigenvalue weighted by molar-refractivity contribution is 6.02. The van der Waals surface area contributed by atoms with Gasteiger partial charge in [0.15, 0.2) is 0 Å². The van der Waals surface area contributed by atoms with Crippen LogP contribution >= 0.6 is 0 Å². The van der Waals surface area contributed by atoms with Gasteiger partial charge < -0.3 is 9.80 Å². The van der Waals surface area contributed by atoms with Crippen LogP contribution in [-0.4, -0.2) is 13.1 Å². The van der Waals surface area contributed by atoms with E-state index in [9.17, 15) is 0 Å². The van der Waals surface area contributed by atoms with Gasteiger partial charge in [-0.2, -0.15) is 0 Å². The second kappa shape index (κ2) is 11.5. The van der Waals surface area contributed by atoms with E-state index in [1.807, 2.05) is 0 Å². The van der Waals surface area contributed by atoms with Crippen LogP contribution in [0.3, 0.4) is 0 Å². The summed E-state index contributed by atoms with van der Waals surface area (Å²) in [7, 11) is 0. The van der Waals surface area contributed by atoms with Gasteiger partial charge in [-0.25, -0.2) is 0 Å². The molecule has 3 aliphatic rings. The zero-order valence-electron chi connectivity index (χ0n) is 30.9. The molecule has 9 rings (SSSR count). The number of fused-ring (bicyclic) bond motifs is 6. The maximum atomic E-state index is 2.54. The molecule has 0 radical (unpaired) electrons. The lowest BCUT2D eigenvalue weighted by molar-refractivity contribution is 0.467. The average Bonchev–Trinajstić information content (AvgIpc) is 3.36. The van der Waals surface area contributed by atoms with Gasteiger partial charge in [0, 0.05) is 46.6 Å². The minimum absolute atomic E-state index is 0.0905. The van der Waals surface area contributed by atoms with Crippen LogP contribution in [0.25, 0.3) is 34.1 Å². The number of rotatable bonds is 4. The van der Waals surface area contributed by atoms with Crippen molar-refractivity contribution in [2.24, 2.45) is 0 Å². The van der Waals surface area contributed by atoms with Crippen molar-refractivity contribution in [1.82, 2.24) is 0 Å². The second-order valence-corrected chi connectivity index (χ2v) is 16.8. The first-order valence-electron chi connectivity index (χ1n) is 18.8. The van der Waals surface area contributed by atoms with Gasteiger partial charge in [-0.1, -0.05) is 145 Å². The van der Waals surface area contributed by atoms with Gasteiger partial charge in [-0.3, -0.25) is 0 Å². The summed E-state index contributed by atoms with van der Waals surface area (Å²) in [6, 6.07) is 45.7. The van der Waals surface area contributed by atoms with Gasteiger partial charge >= 0.3 is 0 Å². The van der Waals surface area contributed by atoms with E-state index in [2.05, 4.69) is 185 Å². The van der Waals surface area contributed by atoms with Crippen LogP contribution in [0.5, 0.6) is 0 Å². The van der Waals surface area contributed by atoms with Crippen molar-refractivity contribution < 1.29 is 0 Å². The van der Waals surface area contributed by atoms with Crippen LogP contribution < -0.4 is 9.80 Å². The van der Waals surface area contributed by atoms with E-state index in [-0.39, 0.29) is 16.2 Å². The van der Waals surface area contributed by atoms with Crippen LogP contribution in [-0.2, 0) is 16.2 Å². The molecule has 2 heterocycles. The van der Waals surface area contributed by atoms with E-state index < -0.39 is 0 Å². The lowest BCUT2D eigenvalue weighted by Crippen LogP contribution is -2.34. The first-order chi connectivity index (χ1) is 24.5. The maximum absolute atomic E-state index is 2.54. The Balaban J connectivity index is 1.03. The third kappa shape index (κ3) is 5.06. The van der Waals surface area contributed by atoms with E-state index in [0.717, 1.165) is 25.9 Å². The lowest BCUT2D eigenvalue weighted by atomic mass is 9.77. The largest absolute Gasteiger partial charge is 0.341 e. The van der Waals surface area contributed by atoms with Gasteiger partial charge in [0.25, 0.3) is 0 Å². The number of hydrogen-bond acceptors (Lipinski definition) is 2. The molecule has 0 bridgehead atoms. The summed E-state index contributed by atoms with van der Waals surface area (Å²) < 4.78 is 0. The highest BCUT2D eigenvalue weighted by Crippen LogP contribution is 2.52. The predicted octanol–water partition coefficient (Wildman–Crippen LogP) is 13.0. The molecule has 254 valence electrons. The predicted molar refractivity (Wildman–Crippen MR) is 219 cm³/mol. The number of para-hydroxylation sites is 2. The molecular formula is C49H48N2. The quantitative estimate of drug-likeness (QED) is 0.173. The topological polar surface area (TPSA) is 6.48 Å². The normalized spacial score (nSPS) is 18.0. The molecule has 0 aromatic heterocycles. The highest BCUT2D eigenvalue weighted by Gasteiger charge is 2.37. The second-order valence-electron chi connectivity index (χ2n) is 16.8. The minimum Gasteiger partial charge on any atom is -0.341 e. The standard InChI is InChI=1S/C49H48N2/c1-47(2)27-29-50(45-18-9-7-16-40(45)47)35-24-26-38-37-25-22-33(31-42(37)49(5,6)43(38)32-35)21-23-34-13-11-15-39-36(34)14-12-20-44(39)51-30-28-48(3,4)41-17-8-10-19-46(41)51/h7-26,31-32H,27-30H2,1-6H3. The van der Waals surface area contributed by atoms with E-state index in [4.69, 9.17) is 0 Å². The Morgan fingerprint density at radius 2 is 1.04 bits per heavy atom. The summed E-state index contributed by atoms with van der Waals surface area (Å²) in [5, 5.41) is 2.59. The summed E-state index contributed by atoms with van der Waals surface area (Å²) in [4.78, 5) is 5.07. The summed E-state index contributed by atoms with van der Waals surface area (Å²) in [6.07, 6.45) is 6.88. The molecule has 6 aromatic rings. The lowest BCUT2D eigenvalue weighted by Gasteiger charge is -2.40. The molecular weight excluding hydrogens is 617 g/mol. The number of anilines is 4. The Labute approximate surface area is 304 Å². The zero-order valence-corrected chi connectivity index (χ0v) is 30.9. The van der Waals surface area contributed by atoms with Crippen molar-refractivity contribution in [3.8, 4) is 11.1 Å². The molecule has 2 nitrogen and oxygen atoms in total. The SMILES string of the molecule is CC1(C)CCN(c2ccc3c(c2)C(C)(C)c2cc(C=Cc4cccc5c(N6CCC(C)(C)c7ccccc76)cccc45)ccc2-3)c2ccccc21. The molecule has 1 aliphatic carbocycles. The molecule has 0 saturated carbocycles. The fourth-order valence-electron chi connectivity index (χ4n) is 9.27. The molecule has 0 saturated heterocycles. The minimum atomic E-state index is -0.0905. The van der Waals surface area contributed by atoms with E-state index in [1.165, 1.54) is 78.0 Å². The molecule has 0 fully saturated rings. The maximum Gasteiger partial charge on any atom is 0.0490 e. The Kier molecular flexibility index (Phi) is 7.17. The van der Waals surface area contributed by atoms with Gasteiger partial charge in [0.05, 0.1) is 0 Å². The van der Waals surface area contributed by atoms with Gasteiger partial charge in [0.2, 0.25) is 0 Å². The number of hydrogen-bond donors (Lipinski definition) is 0. The molecule has 0 amide bonds.